The van der Waals surface area contributed by atoms with Gasteiger partial charge in [-0.15, -0.1) is 12.4 Å². The number of piperidine rings is 1. The van der Waals surface area contributed by atoms with Crippen molar-refractivity contribution in [1.29, 1.82) is 0 Å². The van der Waals surface area contributed by atoms with Crippen LogP contribution in [0.2, 0.25) is 0 Å². The van der Waals surface area contributed by atoms with Crippen molar-refractivity contribution in [3.8, 4) is 0 Å². The Morgan fingerprint density at radius 1 is 1.29 bits per heavy atom. The zero-order valence-corrected chi connectivity index (χ0v) is 13.8. The third-order valence-corrected chi connectivity index (χ3v) is 6.25. The monoisotopic (exact) mass is 348 g/mol. The largest absolute Gasteiger partial charge is 0.330 e. The summed E-state index contributed by atoms with van der Waals surface area (Å²) in [4.78, 5) is 0.259. The first-order chi connectivity index (χ1) is 9.63. The van der Waals surface area contributed by atoms with E-state index in [1.54, 1.807) is 18.2 Å². The van der Waals surface area contributed by atoms with Gasteiger partial charge in [-0.2, -0.15) is 13.1 Å². The molecule has 1 saturated heterocycles. The molecular weight excluding hydrogens is 332 g/mol. The molecule has 0 amide bonds. The Morgan fingerprint density at radius 3 is 2.67 bits per heavy atom. The fraction of sp³-hybridized carbons (Fsp3) is 0.500. The highest BCUT2D eigenvalue weighted by molar-refractivity contribution is 7.89. The minimum absolute atomic E-state index is 0. The molecule has 3 rings (SSSR count). The van der Waals surface area contributed by atoms with Crippen molar-refractivity contribution in [2.75, 3.05) is 19.6 Å². The molecule has 2 heterocycles. The first-order valence-electron chi connectivity index (χ1n) is 6.54. The van der Waals surface area contributed by atoms with Crippen LogP contribution in [0, 0.1) is 5.92 Å². The standard InChI is InChI=1S/C12H16N4O2S2.ClH/c13-8-9-4-6-16(7-5-9)20(17,18)11-3-1-2-10-12(11)15-19-14-10;/h1-3,9H,4-8,13H2;1H. The van der Waals surface area contributed by atoms with E-state index < -0.39 is 10.0 Å². The summed E-state index contributed by atoms with van der Waals surface area (Å²) in [5.74, 6) is 0.429. The fourth-order valence-corrected chi connectivity index (χ4v) is 4.74. The minimum Gasteiger partial charge on any atom is -0.330 e. The van der Waals surface area contributed by atoms with E-state index in [0.29, 0.717) is 36.6 Å². The maximum Gasteiger partial charge on any atom is 0.245 e. The topological polar surface area (TPSA) is 89.2 Å². The molecule has 2 aromatic rings. The molecule has 116 valence electrons. The number of halogens is 1. The van der Waals surface area contributed by atoms with Crippen LogP contribution in [0.4, 0.5) is 0 Å². The molecule has 0 spiro atoms. The van der Waals surface area contributed by atoms with Gasteiger partial charge in [0.2, 0.25) is 10.0 Å². The van der Waals surface area contributed by atoms with Gasteiger partial charge < -0.3 is 5.73 Å². The summed E-state index contributed by atoms with van der Waals surface area (Å²) < 4.78 is 35.2. The second kappa shape index (κ2) is 6.53. The van der Waals surface area contributed by atoms with Gasteiger partial charge in [0.1, 0.15) is 15.9 Å². The van der Waals surface area contributed by atoms with E-state index in [9.17, 15) is 8.42 Å². The van der Waals surface area contributed by atoms with E-state index in [1.807, 2.05) is 0 Å². The molecule has 0 aliphatic carbocycles. The Kier molecular flexibility index (Phi) is 5.15. The highest BCUT2D eigenvalue weighted by atomic mass is 35.5. The quantitative estimate of drug-likeness (QED) is 0.907. The number of rotatable bonds is 3. The fourth-order valence-electron chi connectivity index (χ4n) is 2.51. The molecule has 0 bridgehead atoms. The second-order valence-electron chi connectivity index (χ2n) is 4.97. The lowest BCUT2D eigenvalue weighted by Crippen LogP contribution is -2.40. The first-order valence-corrected chi connectivity index (χ1v) is 8.71. The van der Waals surface area contributed by atoms with Crippen LogP contribution in [-0.2, 0) is 10.0 Å². The number of hydrogen-bond donors (Lipinski definition) is 1. The van der Waals surface area contributed by atoms with E-state index in [-0.39, 0.29) is 17.3 Å². The van der Waals surface area contributed by atoms with Crippen molar-refractivity contribution in [1.82, 2.24) is 13.1 Å². The number of nitrogens with two attached hydrogens (primary N) is 1. The van der Waals surface area contributed by atoms with Crippen LogP contribution in [0.5, 0.6) is 0 Å². The zero-order valence-electron chi connectivity index (χ0n) is 11.3. The third kappa shape index (κ3) is 3.04. The summed E-state index contributed by atoms with van der Waals surface area (Å²) in [5.41, 5.74) is 6.75. The summed E-state index contributed by atoms with van der Waals surface area (Å²) in [5, 5.41) is 0. The van der Waals surface area contributed by atoms with Gasteiger partial charge in [0.25, 0.3) is 0 Å². The number of aromatic nitrogens is 2. The number of nitrogens with zero attached hydrogens (tertiary/aromatic N) is 3. The summed E-state index contributed by atoms with van der Waals surface area (Å²) in [7, 11) is -3.49. The number of hydrogen-bond acceptors (Lipinski definition) is 6. The third-order valence-electron chi connectivity index (χ3n) is 3.77. The molecular formula is C12H17ClN4O2S2. The van der Waals surface area contributed by atoms with Crippen molar-refractivity contribution >= 4 is 45.2 Å². The van der Waals surface area contributed by atoms with Gasteiger partial charge in [0, 0.05) is 13.1 Å². The molecule has 1 fully saturated rings. The van der Waals surface area contributed by atoms with Crippen molar-refractivity contribution in [3.05, 3.63) is 18.2 Å². The number of sulfonamides is 1. The maximum absolute atomic E-state index is 12.7. The van der Waals surface area contributed by atoms with Crippen LogP contribution in [-0.4, -0.2) is 41.1 Å². The number of benzene rings is 1. The van der Waals surface area contributed by atoms with E-state index in [4.69, 9.17) is 5.73 Å². The van der Waals surface area contributed by atoms with Crippen LogP contribution in [0.3, 0.4) is 0 Å². The van der Waals surface area contributed by atoms with E-state index >= 15 is 0 Å². The summed E-state index contributed by atoms with van der Waals surface area (Å²) >= 11 is 1.03. The molecule has 0 atom stereocenters. The molecule has 0 saturated carbocycles. The van der Waals surface area contributed by atoms with Crippen LogP contribution in [0.15, 0.2) is 23.1 Å². The predicted molar refractivity (Wildman–Crippen MR) is 85.2 cm³/mol. The predicted octanol–water partition coefficient (Wildman–Crippen LogP) is 1.47. The van der Waals surface area contributed by atoms with Gasteiger partial charge in [0.15, 0.2) is 0 Å². The van der Waals surface area contributed by atoms with Crippen LogP contribution < -0.4 is 5.73 Å². The van der Waals surface area contributed by atoms with Gasteiger partial charge in [-0.05, 0) is 37.4 Å². The van der Waals surface area contributed by atoms with E-state index in [2.05, 4.69) is 8.75 Å². The Balaban J connectivity index is 0.00000161. The van der Waals surface area contributed by atoms with Gasteiger partial charge in [-0.3, -0.25) is 0 Å². The lowest BCUT2D eigenvalue weighted by atomic mass is 9.99. The van der Waals surface area contributed by atoms with Crippen LogP contribution in [0.1, 0.15) is 12.8 Å². The molecule has 0 unspecified atom stereocenters. The highest BCUT2D eigenvalue weighted by Gasteiger charge is 2.30. The minimum atomic E-state index is -3.49. The highest BCUT2D eigenvalue weighted by Crippen LogP contribution is 2.27. The molecule has 1 aromatic heterocycles. The summed E-state index contributed by atoms with van der Waals surface area (Å²) in [6, 6.07) is 5.09. The smallest absolute Gasteiger partial charge is 0.245 e. The molecule has 21 heavy (non-hydrogen) atoms. The normalized spacial score (nSPS) is 17.8. The zero-order chi connectivity index (χ0) is 14.2. The Bertz CT molecular complexity index is 711. The lowest BCUT2D eigenvalue weighted by molar-refractivity contribution is 0.278. The van der Waals surface area contributed by atoms with Crippen molar-refractivity contribution in [2.24, 2.45) is 11.7 Å². The van der Waals surface area contributed by atoms with E-state index in [1.165, 1.54) is 4.31 Å². The van der Waals surface area contributed by atoms with Gasteiger partial charge >= 0.3 is 0 Å². The molecule has 9 heteroatoms. The lowest BCUT2D eigenvalue weighted by Gasteiger charge is -2.30. The van der Waals surface area contributed by atoms with Crippen LogP contribution in [0.25, 0.3) is 11.0 Å². The average Bonchev–Trinajstić information content (AvgIpc) is 2.95. The van der Waals surface area contributed by atoms with Crippen molar-refractivity contribution in [3.63, 3.8) is 0 Å². The van der Waals surface area contributed by atoms with Gasteiger partial charge in [0.05, 0.1) is 11.7 Å². The molecule has 0 radical (unpaired) electrons. The van der Waals surface area contributed by atoms with Gasteiger partial charge in [-0.25, -0.2) is 8.42 Å². The van der Waals surface area contributed by atoms with E-state index in [0.717, 1.165) is 24.6 Å². The first kappa shape index (κ1) is 16.6. The molecule has 2 N–H and O–H groups in total. The number of fused-ring (bicyclic) bond motifs is 1. The molecule has 6 nitrogen and oxygen atoms in total. The SMILES string of the molecule is Cl.NCC1CCN(S(=O)(=O)c2cccc3nsnc23)CC1. The van der Waals surface area contributed by atoms with Crippen molar-refractivity contribution in [2.45, 2.75) is 17.7 Å². The summed E-state index contributed by atoms with van der Waals surface area (Å²) in [6.45, 7) is 1.68. The van der Waals surface area contributed by atoms with Crippen LogP contribution >= 0.6 is 24.1 Å². The Labute approximate surface area is 134 Å². The Hall–Kier alpha value is -0.800. The van der Waals surface area contributed by atoms with Gasteiger partial charge in [-0.1, -0.05) is 6.07 Å². The molecule has 1 aliphatic rings. The molecule has 1 aliphatic heterocycles. The maximum atomic E-state index is 12.7. The molecule has 1 aromatic carbocycles. The Morgan fingerprint density at radius 2 is 2.00 bits per heavy atom. The van der Waals surface area contributed by atoms with Crippen molar-refractivity contribution < 1.29 is 8.42 Å². The second-order valence-corrected chi connectivity index (χ2v) is 7.41. The average molecular weight is 349 g/mol. The summed E-state index contributed by atoms with van der Waals surface area (Å²) in [6.07, 6.45) is 1.64.